The molecule has 0 fully saturated rings. The third-order valence-electron chi connectivity index (χ3n) is 3.26. The Bertz CT molecular complexity index is 571. The summed E-state index contributed by atoms with van der Waals surface area (Å²) < 4.78 is 0. The van der Waals surface area contributed by atoms with E-state index in [9.17, 15) is 9.59 Å². The predicted octanol–water partition coefficient (Wildman–Crippen LogP) is 2.41. The van der Waals surface area contributed by atoms with Crippen LogP contribution in [0.25, 0.3) is 0 Å². The van der Waals surface area contributed by atoms with Gasteiger partial charge in [-0.3, -0.25) is 9.59 Å². The highest BCUT2D eigenvalue weighted by atomic mass is 16.4. The van der Waals surface area contributed by atoms with Gasteiger partial charge in [-0.1, -0.05) is 60.7 Å². The van der Waals surface area contributed by atoms with Crippen LogP contribution in [0.1, 0.15) is 24.0 Å². The summed E-state index contributed by atoms with van der Waals surface area (Å²) in [6, 6.07) is 17.7. The monoisotopic (exact) mass is 283 g/mol. The van der Waals surface area contributed by atoms with E-state index in [4.69, 9.17) is 5.11 Å². The number of carbonyl (C=O) groups excluding carboxylic acids is 1. The van der Waals surface area contributed by atoms with Gasteiger partial charge in [0.2, 0.25) is 5.91 Å². The van der Waals surface area contributed by atoms with E-state index < -0.39 is 17.9 Å². The third kappa shape index (κ3) is 3.69. The zero-order valence-corrected chi connectivity index (χ0v) is 11.7. The molecule has 0 bridgehead atoms. The Balaban J connectivity index is 2.33. The SMILES string of the molecule is C[C@@H](NC(=O)C(c1ccccc1)c1ccccc1)C(=O)O. The molecule has 0 saturated carbocycles. The first kappa shape index (κ1) is 14.8. The molecule has 0 heterocycles. The highest BCUT2D eigenvalue weighted by molar-refractivity contribution is 5.90. The maximum Gasteiger partial charge on any atom is 0.325 e. The zero-order valence-electron chi connectivity index (χ0n) is 11.7. The van der Waals surface area contributed by atoms with Gasteiger partial charge < -0.3 is 10.4 Å². The van der Waals surface area contributed by atoms with Gasteiger partial charge in [-0.15, -0.1) is 0 Å². The summed E-state index contributed by atoms with van der Waals surface area (Å²) in [5.74, 6) is -1.89. The lowest BCUT2D eigenvalue weighted by Crippen LogP contribution is -2.41. The van der Waals surface area contributed by atoms with Crippen LogP contribution in [0.3, 0.4) is 0 Å². The molecule has 0 aliphatic heterocycles. The van der Waals surface area contributed by atoms with E-state index in [2.05, 4.69) is 5.32 Å². The Hall–Kier alpha value is -2.62. The van der Waals surface area contributed by atoms with Crippen LogP contribution in [0.2, 0.25) is 0 Å². The van der Waals surface area contributed by atoms with Crippen LogP contribution < -0.4 is 5.32 Å². The zero-order chi connectivity index (χ0) is 15.2. The van der Waals surface area contributed by atoms with E-state index in [0.29, 0.717) is 0 Å². The summed E-state index contributed by atoms with van der Waals surface area (Å²) >= 11 is 0. The van der Waals surface area contributed by atoms with Crippen molar-refractivity contribution in [3.05, 3.63) is 71.8 Å². The van der Waals surface area contributed by atoms with Crippen LogP contribution in [0.4, 0.5) is 0 Å². The van der Waals surface area contributed by atoms with Crippen molar-refractivity contribution in [1.82, 2.24) is 5.32 Å². The number of carboxylic acid groups (broad SMARTS) is 1. The van der Waals surface area contributed by atoms with Gasteiger partial charge in [0.25, 0.3) is 0 Å². The molecule has 1 atom stereocenters. The molecule has 0 aliphatic carbocycles. The van der Waals surface area contributed by atoms with Gasteiger partial charge in [0.15, 0.2) is 0 Å². The number of carboxylic acids is 1. The van der Waals surface area contributed by atoms with E-state index >= 15 is 0 Å². The first-order valence-electron chi connectivity index (χ1n) is 6.72. The second-order valence-corrected chi connectivity index (χ2v) is 4.82. The van der Waals surface area contributed by atoms with Crippen LogP contribution in [0.5, 0.6) is 0 Å². The summed E-state index contributed by atoms with van der Waals surface area (Å²) in [7, 11) is 0. The van der Waals surface area contributed by atoms with Gasteiger partial charge in [0.1, 0.15) is 6.04 Å². The van der Waals surface area contributed by atoms with E-state index in [0.717, 1.165) is 11.1 Å². The van der Waals surface area contributed by atoms with E-state index in [-0.39, 0.29) is 5.91 Å². The average molecular weight is 283 g/mol. The van der Waals surface area contributed by atoms with E-state index in [1.54, 1.807) is 0 Å². The molecular weight excluding hydrogens is 266 g/mol. The van der Waals surface area contributed by atoms with Crippen molar-refractivity contribution in [3.8, 4) is 0 Å². The van der Waals surface area contributed by atoms with E-state index in [1.807, 2.05) is 60.7 Å². The molecule has 1 amide bonds. The lowest BCUT2D eigenvalue weighted by atomic mass is 9.90. The first-order chi connectivity index (χ1) is 10.1. The van der Waals surface area contributed by atoms with Crippen molar-refractivity contribution in [1.29, 1.82) is 0 Å². The summed E-state index contributed by atoms with van der Waals surface area (Å²) in [5, 5.41) is 11.5. The van der Waals surface area contributed by atoms with Gasteiger partial charge in [-0.2, -0.15) is 0 Å². The van der Waals surface area contributed by atoms with Crippen molar-refractivity contribution < 1.29 is 14.7 Å². The number of amides is 1. The topological polar surface area (TPSA) is 66.4 Å². The minimum absolute atomic E-state index is 0.317. The average Bonchev–Trinajstić information content (AvgIpc) is 2.49. The molecular formula is C17H17NO3. The number of aliphatic carboxylic acids is 1. The summed E-state index contributed by atoms with van der Waals surface area (Å²) in [6.45, 7) is 1.45. The maximum atomic E-state index is 12.5. The number of hydrogen-bond acceptors (Lipinski definition) is 2. The number of nitrogens with one attached hydrogen (secondary N) is 1. The van der Waals surface area contributed by atoms with Crippen molar-refractivity contribution in [2.45, 2.75) is 18.9 Å². The van der Waals surface area contributed by atoms with Crippen molar-refractivity contribution in [2.75, 3.05) is 0 Å². The Morgan fingerprint density at radius 3 is 1.71 bits per heavy atom. The smallest absolute Gasteiger partial charge is 0.325 e. The number of hydrogen-bond donors (Lipinski definition) is 2. The van der Waals surface area contributed by atoms with E-state index in [1.165, 1.54) is 6.92 Å². The largest absolute Gasteiger partial charge is 0.480 e. The second-order valence-electron chi connectivity index (χ2n) is 4.82. The summed E-state index contributed by atoms with van der Waals surface area (Å²) in [5.41, 5.74) is 1.66. The van der Waals surface area contributed by atoms with Crippen LogP contribution in [-0.2, 0) is 9.59 Å². The Kier molecular flexibility index (Phi) is 4.72. The number of benzene rings is 2. The van der Waals surface area contributed by atoms with Gasteiger partial charge in [-0.25, -0.2) is 0 Å². The Labute approximate surface area is 123 Å². The minimum Gasteiger partial charge on any atom is -0.480 e. The third-order valence-corrected chi connectivity index (χ3v) is 3.26. The lowest BCUT2D eigenvalue weighted by Gasteiger charge is -2.19. The van der Waals surface area contributed by atoms with Crippen molar-refractivity contribution >= 4 is 11.9 Å². The fourth-order valence-electron chi connectivity index (χ4n) is 2.14. The summed E-state index contributed by atoms with van der Waals surface area (Å²) in [6.07, 6.45) is 0. The molecule has 0 radical (unpaired) electrons. The minimum atomic E-state index is -1.05. The van der Waals surface area contributed by atoms with Gasteiger partial charge >= 0.3 is 5.97 Å². The highest BCUT2D eigenvalue weighted by Gasteiger charge is 2.25. The molecule has 4 nitrogen and oxygen atoms in total. The van der Waals surface area contributed by atoms with Gasteiger partial charge in [-0.05, 0) is 18.1 Å². The molecule has 2 rings (SSSR count). The van der Waals surface area contributed by atoms with Gasteiger partial charge in [0.05, 0.1) is 5.92 Å². The molecule has 0 saturated heterocycles. The molecule has 4 heteroatoms. The van der Waals surface area contributed by atoms with Crippen LogP contribution in [-0.4, -0.2) is 23.0 Å². The first-order valence-corrected chi connectivity index (χ1v) is 6.72. The highest BCUT2D eigenvalue weighted by Crippen LogP contribution is 2.24. The fourth-order valence-corrected chi connectivity index (χ4v) is 2.14. The van der Waals surface area contributed by atoms with Gasteiger partial charge in [0, 0.05) is 0 Å². The quantitative estimate of drug-likeness (QED) is 0.885. The fraction of sp³-hybridized carbons (Fsp3) is 0.176. The Morgan fingerprint density at radius 1 is 0.905 bits per heavy atom. The van der Waals surface area contributed by atoms with Crippen molar-refractivity contribution in [2.24, 2.45) is 0 Å². The summed E-state index contributed by atoms with van der Waals surface area (Å²) in [4.78, 5) is 23.4. The second kappa shape index (κ2) is 6.70. The molecule has 21 heavy (non-hydrogen) atoms. The van der Waals surface area contributed by atoms with Crippen molar-refractivity contribution in [3.63, 3.8) is 0 Å². The lowest BCUT2D eigenvalue weighted by molar-refractivity contribution is -0.141. The number of rotatable bonds is 5. The Morgan fingerprint density at radius 2 is 1.33 bits per heavy atom. The standard InChI is InChI=1S/C17H17NO3/c1-12(17(20)21)18-16(19)15(13-8-4-2-5-9-13)14-10-6-3-7-11-14/h2-12,15H,1H3,(H,18,19)(H,20,21)/t12-/m1/s1. The van der Waals surface area contributed by atoms with Crippen LogP contribution >= 0.6 is 0 Å². The normalized spacial score (nSPS) is 11.9. The maximum absolute atomic E-state index is 12.5. The van der Waals surface area contributed by atoms with Crippen LogP contribution in [0, 0.1) is 0 Å². The molecule has 0 aliphatic rings. The molecule has 0 unspecified atom stereocenters. The van der Waals surface area contributed by atoms with Crippen LogP contribution in [0.15, 0.2) is 60.7 Å². The molecule has 0 spiro atoms. The number of carbonyl (C=O) groups is 2. The molecule has 2 N–H and O–H groups in total. The molecule has 108 valence electrons. The molecule has 0 aromatic heterocycles. The predicted molar refractivity (Wildman–Crippen MR) is 80.0 cm³/mol. The molecule has 2 aromatic rings. The molecule has 2 aromatic carbocycles.